The third-order valence-electron chi connectivity index (χ3n) is 2.33. The number of hydrogen-bond acceptors (Lipinski definition) is 4. The normalized spacial score (nSPS) is 11.2. The van der Waals surface area contributed by atoms with Gasteiger partial charge in [0.05, 0.1) is 10.7 Å². The molecule has 1 aromatic heterocycles. The molecular weight excluding hydrogens is 309 g/mol. The summed E-state index contributed by atoms with van der Waals surface area (Å²) < 4.78 is 45.4. The summed E-state index contributed by atoms with van der Waals surface area (Å²) in [5.41, 5.74) is 6.28. The van der Waals surface area contributed by atoms with E-state index in [0.717, 1.165) is 6.07 Å². The van der Waals surface area contributed by atoms with E-state index in [2.05, 4.69) is 9.72 Å². The molecule has 1 aromatic carbocycles. The summed E-state index contributed by atoms with van der Waals surface area (Å²) >= 11 is 5.92. The average Bonchev–Trinajstić information content (AvgIpc) is 2.36. The van der Waals surface area contributed by atoms with Crippen LogP contribution in [0.3, 0.4) is 0 Å². The van der Waals surface area contributed by atoms with Gasteiger partial charge >= 0.3 is 6.36 Å². The summed E-state index contributed by atoms with van der Waals surface area (Å²) in [5, 5.41) is 0.303. The van der Waals surface area contributed by atoms with Gasteiger partial charge in [-0.05, 0) is 24.3 Å². The van der Waals surface area contributed by atoms with Crippen LogP contribution in [0.5, 0.6) is 11.6 Å². The largest absolute Gasteiger partial charge is 0.574 e. The molecule has 0 saturated heterocycles. The SMILES string of the molecule is Nc1ccc(OCc2cccc(OC(F)(F)F)n2)c(Cl)c1. The van der Waals surface area contributed by atoms with Crippen LogP contribution in [0.4, 0.5) is 18.9 Å². The van der Waals surface area contributed by atoms with E-state index in [1.807, 2.05) is 0 Å². The molecule has 21 heavy (non-hydrogen) atoms. The molecular formula is C13H10ClF3N2O2. The maximum atomic E-state index is 12.1. The van der Waals surface area contributed by atoms with Gasteiger partial charge in [0.15, 0.2) is 0 Å². The minimum absolute atomic E-state index is 0.0568. The Morgan fingerprint density at radius 2 is 1.95 bits per heavy atom. The van der Waals surface area contributed by atoms with E-state index in [9.17, 15) is 13.2 Å². The predicted molar refractivity (Wildman–Crippen MR) is 71.1 cm³/mol. The Hall–Kier alpha value is -2.15. The number of pyridine rings is 1. The first-order valence-corrected chi connectivity index (χ1v) is 6.11. The highest BCUT2D eigenvalue weighted by molar-refractivity contribution is 6.32. The Kier molecular flexibility index (Phi) is 4.42. The fourth-order valence-corrected chi connectivity index (χ4v) is 1.74. The Labute approximate surface area is 123 Å². The van der Waals surface area contributed by atoms with E-state index >= 15 is 0 Å². The standard InChI is InChI=1S/C13H10ClF3N2O2/c14-10-6-8(18)4-5-11(10)20-7-9-2-1-3-12(19-9)21-13(15,16)17/h1-6H,7,18H2. The monoisotopic (exact) mass is 318 g/mol. The van der Waals surface area contributed by atoms with E-state index in [-0.39, 0.29) is 12.3 Å². The summed E-state index contributed by atoms with van der Waals surface area (Å²) in [6.45, 7) is -0.0568. The molecule has 8 heteroatoms. The fraction of sp³-hybridized carbons (Fsp3) is 0.154. The molecule has 2 rings (SSSR count). The maximum Gasteiger partial charge on any atom is 0.574 e. The van der Waals surface area contributed by atoms with Crippen LogP contribution in [-0.2, 0) is 6.61 Å². The number of halogens is 4. The van der Waals surface area contributed by atoms with Crippen LogP contribution < -0.4 is 15.2 Å². The zero-order valence-electron chi connectivity index (χ0n) is 10.5. The van der Waals surface area contributed by atoms with Gasteiger partial charge in [-0.2, -0.15) is 0 Å². The molecule has 0 saturated carbocycles. The quantitative estimate of drug-likeness (QED) is 0.871. The molecule has 0 aliphatic carbocycles. The number of anilines is 1. The first kappa shape index (κ1) is 15.2. The van der Waals surface area contributed by atoms with Crippen molar-refractivity contribution in [3.63, 3.8) is 0 Å². The van der Waals surface area contributed by atoms with Crippen molar-refractivity contribution in [3.05, 3.63) is 47.1 Å². The van der Waals surface area contributed by atoms with Gasteiger partial charge in [-0.3, -0.25) is 0 Å². The molecule has 0 fully saturated rings. The molecule has 0 aliphatic rings. The summed E-state index contributed by atoms with van der Waals surface area (Å²) in [4.78, 5) is 3.69. The zero-order valence-corrected chi connectivity index (χ0v) is 11.3. The van der Waals surface area contributed by atoms with Gasteiger partial charge in [-0.1, -0.05) is 17.7 Å². The number of benzene rings is 1. The van der Waals surface area contributed by atoms with Crippen molar-refractivity contribution in [2.24, 2.45) is 0 Å². The van der Waals surface area contributed by atoms with Crippen LogP contribution in [0, 0.1) is 0 Å². The topological polar surface area (TPSA) is 57.4 Å². The Balaban J connectivity index is 2.05. The highest BCUT2D eigenvalue weighted by Gasteiger charge is 2.31. The van der Waals surface area contributed by atoms with Crippen LogP contribution in [0.1, 0.15) is 5.69 Å². The van der Waals surface area contributed by atoms with Gasteiger partial charge in [0.1, 0.15) is 12.4 Å². The van der Waals surface area contributed by atoms with Gasteiger partial charge in [-0.15, -0.1) is 13.2 Å². The second-order valence-electron chi connectivity index (χ2n) is 3.99. The first-order valence-electron chi connectivity index (χ1n) is 5.73. The molecule has 1 heterocycles. The van der Waals surface area contributed by atoms with Crippen molar-refractivity contribution in [1.29, 1.82) is 0 Å². The van der Waals surface area contributed by atoms with Crippen molar-refractivity contribution in [2.45, 2.75) is 13.0 Å². The highest BCUT2D eigenvalue weighted by atomic mass is 35.5. The lowest BCUT2D eigenvalue weighted by molar-refractivity contribution is -0.276. The lowest BCUT2D eigenvalue weighted by Crippen LogP contribution is -2.18. The van der Waals surface area contributed by atoms with Gasteiger partial charge in [0, 0.05) is 11.8 Å². The highest BCUT2D eigenvalue weighted by Crippen LogP contribution is 2.27. The molecule has 4 nitrogen and oxygen atoms in total. The molecule has 112 valence electrons. The fourth-order valence-electron chi connectivity index (χ4n) is 1.50. The van der Waals surface area contributed by atoms with Crippen LogP contribution in [0.15, 0.2) is 36.4 Å². The Bertz CT molecular complexity index is 635. The van der Waals surface area contributed by atoms with Crippen molar-refractivity contribution >= 4 is 17.3 Å². The summed E-state index contributed by atoms with van der Waals surface area (Å²) in [6.07, 6.45) is -4.78. The van der Waals surface area contributed by atoms with Crippen molar-refractivity contribution < 1.29 is 22.6 Å². The minimum atomic E-state index is -4.78. The first-order chi connectivity index (χ1) is 9.83. The van der Waals surface area contributed by atoms with Gasteiger partial charge in [0.2, 0.25) is 5.88 Å². The van der Waals surface area contributed by atoms with E-state index in [4.69, 9.17) is 22.1 Å². The average molecular weight is 319 g/mol. The van der Waals surface area contributed by atoms with Crippen molar-refractivity contribution in [2.75, 3.05) is 5.73 Å². The number of rotatable bonds is 4. The van der Waals surface area contributed by atoms with E-state index in [1.54, 1.807) is 12.1 Å². The second kappa shape index (κ2) is 6.09. The molecule has 0 atom stereocenters. The van der Waals surface area contributed by atoms with Gasteiger partial charge in [-0.25, -0.2) is 4.98 Å². The van der Waals surface area contributed by atoms with E-state index in [1.165, 1.54) is 18.2 Å². The van der Waals surface area contributed by atoms with E-state index < -0.39 is 12.2 Å². The number of nitrogens with two attached hydrogens (primary N) is 1. The van der Waals surface area contributed by atoms with E-state index in [0.29, 0.717) is 16.5 Å². The summed E-state index contributed by atoms with van der Waals surface area (Å²) in [5.74, 6) is -0.193. The molecule has 0 unspecified atom stereocenters. The lowest BCUT2D eigenvalue weighted by Gasteiger charge is -2.10. The zero-order chi connectivity index (χ0) is 15.5. The number of nitrogens with zero attached hydrogens (tertiary/aromatic N) is 1. The number of nitrogen functional groups attached to an aromatic ring is 1. The number of ether oxygens (including phenoxy) is 2. The Morgan fingerprint density at radius 3 is 2.62 bits per heavy atom. The Morgan fingerprint density at radius 1 is 1.19 bits per heavy atom. The molecule has 2 N–H and O–H groups in total. The second-order valence-corrected chi connectivity index (χ2v) is 4.40. The maximum absolute atomic E-state index is 12.1. The van der Waals surface area contributed by atoms with Crippen LogP contribution >= 0.6 is 11.6 Å². The van der Waals surface area contributed by atoms with Crippen LogP contribution in [0.2, 0.25) is 5.02 Å². The third-order valence-corrected chi connectivity index (χ3v) is 2.63. The number of aromatic nitrogens is 1. The molecule has 0 bridgehead atoms. The molecule has 0 radical (unpaired) electrons. The van der Waals surface area contributed by atoms with Crippen molar-refractivity contribution in [3.8, 4) is 11.6 Å². The minimum Gasteiger partial charge on any atom is -0.486 e. The van der Waals surface area contributed by atoms with Crippen LogP contribution in [-0.4, -0.2) is 11.3 Å². The van der Waals surface area contributed by atoms with Gasteiger partial charge < -0.3 is 15.2 Å². The molecule has 0 amide bonds. The number of alkyl halides is 3. The molecule has 2 aromatic rings. The third kappa shape index (κ3) is 4.71. The number of hydrogen-bond donors (Lipinski definition) is 1. The van der Waals surface area contributed by atoms with Crippen molar-refractivity contribution in [1.82, 2.24) is 4.98 Å². The van der Waals surface area contributed by atoms with Crippen LogP contribution in [0.25, 0.3) is 0 Å². The summed E-state index contributed by atoms with van der Waals surface area (Å²) in [6, 6.07) is 8.66. The molecule has 0 spiro atoms. The smallest absolute Gasteiger partial charge is 0.486 e. The lowest BCUT2D eigenvalue weighted by atomic mass is 10.3. The molecule has 0 aliphatic heterocycles. The van der Waals surface area contributed by atoms with Gasteiger partial charge in [0.25, 0.3) is 0 Å². The summed E-state index contributed by atoms with van der Waals surface area (Å²) in [7, 11) is 0. The predicted octanol–water partition coefficient (Wildman–Crippen LogP) is 3.79.